The van der Waals surface area contributed by atoms with E-state index in [1.807, 2.05) is 23.5 Å². The van der Waals surface area contributed by atoms with E-state index in [0.29, 0.717) is 6.04 Å². The van der Waals surface area contributed by atoms with Crippen LogP contribution in [0.25, 0.3) is 0 Å². The van der Waals surface area contributed by atoms with Crippen LogP contribution in [0.1, 0.15) is 30.2 Å². The Bertz CT molecular complexity index is 478. The molecule has 3 heteroatoms. The molecule has 108 valence electrons. The lowest BCUT2D eigenvalue weighted by molar-refractivity contribution is 0.476. The summed E-state index contributed by atoms with van der Waals surface area (Å²) in [7, 11) is 0. The first-order chi connectivity index (χ1) is 9.78. The predicted molar refractivity (Wildman–Crippen MR) is 84.8 cm³/mol. The van der Waals surface area contributed by atoms with Crippen molar-refractivity contribution in [1.29, 1.82) is 0 Å². The molecule has 2 aromatic rings. The minimum Gasteiger partial charge on any atom is -0.314 e. The normalized spacial score (nSPS) is 12.5. The lowest BCUT2D eigenvalue weighted by Crippen LogP contribution is -2.31. The van der Waals surface area contributed by atoms with E-state index in [4.69, 9.17) is 0 Å². The van der Waals surface area contributed by atoms with Gasteiger partial charge in [0.1, 0.15) is 5.82 Å². The Hall–Kier alpha value is -1.19. The van der Waals surface area contributed by atoms with Crippen molar-refractivity contribution < 1.29 is 4.39 Å². The van der Waals surface area contributed by atoms with Crippen molar-refractivity contribution in [2.45, 2.75) is 38.6 Å². The van der Waals surface area contributed by atoms with Gasteiger partial charge in [-0.2, -0.15) is 0 Å². The van der Waals surface area contributed by atoms with Crippen LogP contribution in [0, 0.1) is 5.82 Å². The van der Waals surface area contributed by atoms with Crippen LogP contribution in [-0.2, 0) is 12.8 Å². The van der Waals surface area contributed by atoms with E-state index >= 15 is 0 Å². The predicted octanol–water partition coefficient (Wildman–Crippen LogP) is 4.43. The third-order valence-corrected chi connectivity index (χ3v) is 4.38. The summed E-state index contributed by atoms with van der Waals surface area (Å²) in [6, 6.07) is 11.7. The average Bonchev–Trinajstić information content (AvgIpc) is 2.95. The molecule has 0 aliphatic heterocycles. The maximum atomic E-state index is 12.9. The topological polar surface area (TPSA) is 12.0 Å². The summed E-state index contributed by atoms with van der Waals surface area (Å²) >= 11 is 1.83. The Labute approximate surface area is 124 Å². The van der Waals surface area contributed by atoms with E-state index in [1.54, 1.807) is 12.1 Å². The summed E-state index contributed by atoms with van der Waals surface area (Å²) in [4.78, 5) is 1.46. The molecular formula is C17H22FNS. The van der Waals surface area contributed by atoms with Gasteiger partial charge in [-0.3, -0.25) is 0 Å². The van der Waals surface area contributed by atoms with E-state index in [0.717, 1.165) is 25.8 Å². The maximum absolute atomic E-state index is 12.9. The van der Waals surface area contributed by atoms with Crippen LogP contribution in [-0.4, -0.2) is 12.6 Å². The number of likely N-dealkylation sites (N-methyl/N-ethyl adjacent to an activating group) is 1. The number of aryl methyl sites for hydroxylation is 1. The number of thiophene rings is 1. The molecular weight excluding hydrogens is 269 g/mol. The molecule has 1 heterocycles. The van der Waals surface area contributed by atoms with Crippen LogP contribution in [0.5, 0.6) is 0 Å². The molecule has 1 aromatic carbocycles. The highest BCUT2D eigenvalue weighted by molar-refractivity contribution is 7.09. The number of halogens is 1. The molecule has 0 saturated carbocycles. The quantitative estimate of drug-likeness (QED) is 0.758. The summed E-state index contributed by atoms with van der Waals surface area (Å²) in [6.07, 6.45) is 4.48. The Balaban J connectivity index is 1.81. The summed E-state index contributed by atoms with van der Waals surface area (Å²) in [6.45, 7) is 3.11. The molecule has 1 nitrogen and oxygen atoms in total. The zero-order valence-corrected chi connectivity index (χ0v) is 12.8. The average molecular weight is 291 g/mol. The van der Waals surface area contributed by atoms with E-state index in [-0.39, 0.29) is 5.82 Å². The number of nitrogens with one attached hydrogen (secondary N) is 1. The van der Waals surface area contributed by atoms with Crippen molar-refractivity contribution in [2.24, 2.45) is 0 Å². The molecule has 0 aliphatic rings. The SMILES string of the molecule is CCNC(CCCc1cccs1)Cc1ccc(F)cc1. The molecule has 1 unspecified atom stereocenters. The van der Waals surface area contributed by atoms with Gasteiger partial charge in [0.25, 0.3) is 0 Å². The highest BCUT2D eigenvalue weighted by atomic mass is 32.1. The highest BCUT2D eigenvalue weighted by Crippen LogP contribution is 2.14. The van der Waals surface area contributed by atoms with Crippen molar-refractivity contribution in [3.63, 3.8) is 0 Å². The van der Waals surface area contributed by atoms with E-state index in [1.165, 1.54) is 16.9 Å². The van der Waals surface area contributed by atoms with Gasteiger partial charge in [0.05, 0.1) is 0 Å². The third-order valence-electron chi connectivity index (χ3n) is 3.44. The van der Waals surface area contributed by atoms with Crippen LogP contribution < -0.4 is 5.32 Å². The largest absolute Gasteiger partial charge is 0.314 e. The zero-order chi connectivity index (χ0) is 14.2. The summed E-state index contributed by atoms with van der Waals surface area (Å²) in [5.74, 6) is -0.161. The van der Waals surface area contributed by atoms with Gasteiger partial charge in [-0.05, 0) is 61.4 Å². The number of rotatable bonds is 8. The molecule has 20 heavy (non-hydrogen) atoms. The van der Waals surface area contributed by atoms with Crippen molar-refractivity contribution in [2.75, 3.05) is 6.54 Å². The van der Waals surface area contributed by atoms with E-state index < -0.39 is 0 Å². The summed E-state index contributed by atoms with van der Waals surface area (Å²) < 4.78 is 12.9. The van der Waals surface area contributed by atoms with Crippen molar-refractivity contribution in [1.82, 2.24) is 5.32 Å². The minimum absolute atomic E-state index is 0.161. The highest BCUT2D eigenvalue weighted by Gasteiger charge is 2.08. The van der Waals surface area contributed by atoms with Crippen LogP contribution in [0.15, 0.2) is 41.8 Å². The van der Waals surface area contributed by atoms with Crippen molar-refractivity contribution in [3.05, 3.63) is 58.0 Å². The van der Waals surface area contributed by atoms with Crippen LogP contribution in [0.2, 0.25) is 0 Å². The summed E-state index contributed by atoms with van der Waals surface area (Å²) in [5.41, 5.74) is 1.20. The Morgan fingerprint density at radius 1 is 1.20 bits per heavy atom. The second-order valence-corrected chi connectivity index (χ2v) is 6.09. The molecule has 0 spiro atoms. The standard InChI is InChI=1S/C17H22FNS/c1-2-19-16(5-3-6-17-7-4-12-20-17)13-14-8-10-15(18)11-9-14/h4,7-12,16,19H,2-3,5-6,13H2,1H3. The molecule has 0 bridgehead atoms. The van der Waals surface area contributed by atoms with E-state index in [2.05, 4.69) is 29.8 Å². The van der Waals surface area contributed by atoms with Crippen LogP contribution in [0.4, 0.5) is 4.39 Å². The van der Waals surface area contributed by atoms with Gasteiger partial charge in [-0.25, -0.2) is 4.39 Å². The van der Waals surface area contributed by atoms with Gasteiger partial charge < -0.3 is 5.32 Å². The van der Waals surface area contributed by atoms with Gasteiger partial charge >= 0.3 is 0 Å². The van der Waals surface area contributed by atoms with Gasteiger partial charge in [0, 0.05) is 10.9 Å². The zero-order valence-electron chi connectivity index (χ0n) is 11.9. The van der Waals surface area contributed by atoms with Gasteiger partial charge in [-0.15, -0.1) is 11.3 Å². The number of hydrogen-bond acceptors (Lipinski definition) is 2. The molecule has 2 rings (SSSR count). The first kappa shape index (κ1) is 15.2. The fourth-order valence-corrected chi connectivity index (χ4v) is 3.20. The Morgan fingerprint density at radius 3 is 2.65 bits per heavy atom. The van der Waals surface area contributed by atoms with E-state index in [9.17, 15) is 4.39 Å². The van der Waals surface area contributed by atoms with Crippen molar-refractivity contribution >= 4 is 11.3 Å². The Kier molecular flexibility index (Phi) is 6.22. The Morgan fingerprint density at radius 2 is 2.00 bits per heavy atom. The third kappa shape index (κ3) is 5.06. The second-order valence-electron chi connectivity index (χ2n) is 5.06. The monoisotopic (exact) mass is 291 g/mol. The molecule has 0 saturated heterocycles. The molecule has 0 radical (unpaired) electrons. The smallest absolute Gasteiger partial charge is 0.123 e. The molecule has 0 amide bonds. The minimum atomic E-state index is -0.161. The summed E-state index contributed by atoms with van der Waals surface area (Å²) in [5, 5.41) is 5.67. The molecule has 1 aromatic heterocycles. The van der Waals surface area contributed by atoms with Gasteiger partial charge in [0.15, 0.2) is 0 Å². The molecule has 0 fully saturated rings. The van der Waals surface area contributed by atoms with Crippen LogP contribution >= 0.6 is 11.3 Å². The first-order valence-corrected chi connectivity index (χ1v) is 8.16. The second kappa shape index (κ2) is 8.18. The lowest BCUT2D eigenvalue weighted by atomic mass is 10.0. The van der Waals surface area contributed by atoms with Gasteiger partial charge in [0.2, 0.25) is 0 Å². The molecule has 1 atom stereocenters. The first-order valence-electron chi connectivity index (χ1n) is 7.28. The fourth-order valence-electron chi connectivity index (χ4n) is 2.45. The van der Waals surface area contributed by atoms with Gasteiger partial charge in [-0.1, -0.05) is 25.1 Å². The fraction of sp³-hybridized carbons (Fsp3) is 0.412. The van der Waals surface area contributed by atoms with Crippen LogP contribution in [0.3, 0.4) is 0 Å². The maximum Gasteiger partial charge on any atom is 0.123 e. The molecule has 1 N–H and O–H groups in total. The number of benzene rings is 1. The van der Waals surface area contributed by atoms with Crippen molar-refractivity contribution in [3.8, 4) is 0 Å². The lowest BCUT2D eigenvalue weighted by Gasteiger charge is -2.17. The molecule has 0 aliphatic carbocycles. The number of hydrogen-bond donors (Lipinski definition) is 1.